The molecule has 0 aliphatic heterocycles. The Morgan fingerprint density at radius 1 is 1.67 bits per heavy atom. The van der Waals surface area contributed by atoms with E-state index in [4.69, 9.17) is 4.74 Å². The van der Waals surface area contributed by atoms with Gasteiger partial charge < -0.3 is 4.74 Å². The van der Waals surface area contributed by atoms with Gasteiger partial charge in [0.25, 0.3) is 0 Å². The number of nitrogens with zero attached hydrogens (tertiary/aromatic N) is 1. The third kappa shape index (κ3) is 1.27. The number of hydrogen-bond donors (Lipinski definition) is 0. The van der Waals surface area contributed by atoms with Crippen LogP contribution in [0.3, 0.4) is 0 Å². The summed E-state index contributed by atoms with van der Waals surface area (Å²) in [5.41, 5.74) is 1.44. The van der Waals surface area contributed by atoms with Crippen molar-refractivity contribution < 1.29 is 4.74 Å². The monoisotopic (exact) mass is 183 g/mol. The van der Waals surface area contributed by atoms with Crippen LogP contribution in [0.5, 0.6) is 0 Å². The summed E-state index contributed by atoms with van der Waals surface area (Å²) in [6, 6.07) is 0. The Morgan fingerprint density at radius 2 is 2.42 bits per heavy atom. The van der Waals surface area contributed by atoms with Crippen molar-refractivity contribution in [1.82, 2.24) is 4.98 Å². The number of rotatable bonds is 3. The Bertz CT molecular complexity index is 278. The first-order valence-corrected chi connectivity index (χ1v) is 5.06. The molecule has 12 heavy (non-hydrogen) atoms. The Morgan fingerprint density at radius 3 is 2.83 bits per heavy atom. The lowest BCUT2D eigenvalue weighted by Gasteiger charge is -2.09. The Kier molecular flexibility index (Phi) is 1.93. The van der Waals surface area contributed by atoms with Crippen LogP contribution in [-0.4, -0.2) is 18.7 Å². The second-order valence-electron chi connectivity index (χ2n) is 3.51. The van der Waals surface area contributed by atoms with Crippen LogP contribution in [0.1, 0.15) is 23.5 Å². The molecular formula is C9H13NOS. The van der Waals surface area contributed by atoms with Crippen LogP contribution in [0.15, 0.2) is 5.38 Å². The number of methoxy groups -OCH3 is 1. The van der Waals surface area contributed by atoms with Gasteiger partial charge in [-0.2, -0.15) is 0 Å². The molecule has 0 aromatic carbocycles. The molecule has 66 valence electrons. The lowest BCUT2D eigenvalue weighted by molar-refractivity contribution is 0.171. The fourth-order valence-corrected chi connectivity index (χ4v) is 2.49. The summed E-state index contributed by atoms with van der Waals surface area (Å²) in [6.07, 6.45) is 2.49. The zero-order valence-electron chi connectivity index (χ0n) is 7.46. The lowest BCUT2D eigenvalue weighted by atomic mass is 10.1. The van der Waals surface area contributed by atoms with Crippen molar-refractivity contribution in [3.63, 3.8) is 0 Å². The summed E-state index contributed by atoms with van der Waals surface area (Å²) >= 11 is 1.77. The van der Waals surface area contributed by atoms with Gasteiger partial charge in [-0.25, -0.2) is 4.98 Å². The third-order valence-corrected chi connectivity index (χ3v) is 3.55. The van der Waals surface area contributed by atoms with Gasteiger partial charge in [0.15, 0.2) is 0 Å². The van der Waals surface area contributed by atoms with Crippen molar-refractivity contribution in [2.75, 3.05) is 13.7 Å². The van der Waals surface area contributed by atoms with E-state index in [1.807, 2.05) is 6.92 Å². The van der Waals surface area contributed by atoms with Crippen LogP contribution in [0.2, 0.25) is 0 Å². The SMILES string of the molecule is COCC1(c2nc(C)cs2)CC1. The van der Waals surface area contributed by atoms with Crippen LogP contribution >= 0.6 is 11.3 Å². The highest BCUT2D eigenvalue weighted by Crippen LogP contribution is 2.49. The van der Waals surface area contributed by atoms with E-state index in [-0.39, 0.29) is 0 Å². The maximum Gasteiger partial charge on any atom is 0.101 e. The first-order valence-electron chi connectivity index (χ1n) is 4.18. The number of thiazole rings is 1. The maximum absolute atomic E-state index is 5.20. The molecule has 0 unspecified atom stereocenters. The second-order valence-corrected chi connectivity index (χ2v) is 4.37. The molecule has 1 fully saturated rings. The fourth-order valence-electron chi connectivity index (χ4n) is 1.44. The standard InChI is InChI=1S/C9H13NOS/c1-7-5-12-8(10-7)9(3-4-9)6-11-2/h5H,3-4,6H2,1-2H3. The number of aryl methyl sites for hydroxylation is 1. The summed E-state index contributed by atoms with van der Waals surface area (Å²) in [7, 11) is 1.76. The van der Waals surface area contributed by atoms with E-state index in [1.165, 1.54) is 17.8 Å². The van der Waals surface area contributed by atoms with E-state index >= 15 is 0 Å². The van der Waals surface area contributed by atoms with Crippen LogP contribution in [-0.2, 0) is 10.2 Å². The molecule has 1 aromatic rings. The molecule has 0 amide bonds. The van der Waals surface area contributed by atoms with Crippen molar-refractivity contribution in [2.24, 2.45) is 0 Å². The van der Waals surface area contributed by atoms with Crippen molar-refractivity contribution in [3.8, 4) is 0 Å². The second kappa shape index (κ2) is 2.82. The molecule has 1 aromatic heterocycles. The molecule has 3 heteroatoms. The van der Waals surface area contributed by atoms with E-state index in [2.05, 4.69) is 10.4 Å². The Hall–Kier alpha value is -0.410. The highest BCUT2D eigenvalue weighted by atomic mass is 32.1. The van der Waals surface area contributed by atoms with Crippen LogP contribution in [0, 0.1) is 6.92 Å². The van der Waals surface area contributed by atoms with Crippen LogP contribution < -0.4 is 0 Å². The number of aromatic nitrogens is 1. The van der Waals surface area contributed by atoms with E-state index in [0.29, 0.717) is 5.41 Å². The van der Waals surface area contributed by atoms with E-state index in [9.17, 15) is 0 Å². The lowest BCUT2D eigenvalue weighted by Crippen LogP contribution is -2.13. The van der Waals surface area contributed by atoms with Crippen LogP contribution in [0.25, 0.3) is 0 Å². The molecule has 1 saturated carbocycles. The minimum atomic E-state index is 0.299. The van der Waals surface area contributed by atoms with Crippen molar-refractivity contribution in [1.29, 1.82) is 0 Å². The molecular weight excluding hydrogens is 170 g/mol. The topological polar surface area (TPSA) is 22.1 Å². The third-order valence-electron chi connectivity index (χ3n) is 2.35. The molecule has 0 spiro atoms. The Balaban J connectivity index is 2.18. The highest BCUT2D eigenvalue weighted by molar-refractivity contribution is 7.09. The van der Waals surface area contributed by atoms with Crippen molar-refractivity contribution in [2.45, 2.75) is 25.2 Å². The summed E-state index contributed by atoms with van der Waals surface area (Å²) < 4.78 is 5.20. The van der Waals surface area contributed by atoms with Crippen molar-refractivity contribution >= 4 is 11.3 Å². The minimum absolute atomic E-state index is 0.299. The van der Waals surface area contributed by atoms with Gasteiger partial charge in [-0.05, 0) is 19.8 Å². The fraction of sp³-hybridized carbons (Fsp3) is 0.667. The summed E-state index contributed by atoms with van der Waals surface area (Å²) in [6.45, 7) is 2.88. The van der Waals surface area contributed by atoms with Gasteiger partial charge >= 0.3 is 0 Å². The van der Waals surface area contributed by atoms with Gasteiger partial charge in [-0.15, -0.1) is 11.3 Å². The molecule has 1 aliphatic rings. The van der Waals surface area contributed by atoms with Gasteiger partial charge in [-0.3, -0.25) is 0 Å². The summed E-state index contributed by atoms with van der Waals surface area (Å²) in [4.78, 5) is 4.50. The van der Waals surface area contributed by atoms with E-state index in [1.54, 1.807) is 18.4 Å². The Labute approximate surface area is 76.6 Å². The molecule has 0 bridgehead atoms. The molecule has 0 atom stereocenters. The maximum atomic E-state index is 5.20. The first-order chi connectivity index (χ1) is 5.77. The average molecular weight is 183 g/mol. The van der Waals surface area contributed by atoms with Gasteiger partial charge in [-0.1, -0.05) is 0 Å². The van der Waals surface area contributed by atoms with Gasteiger partial charge in [0, 0.05) is 23.6 Å². The predicted molar refractivity (Wildman–Crippen MR) is 49.6 cm³/mol. The first kappa shape index (κ1) is 8.20. The summed E-state index contributed by atoms with van der Waals surface area (Å²) in [5.74, 6) is 0. The van der Waals surface area contributed by atoms with Gasteiger partial charge in [0.1, 0.15) is 5.01 Å². The molecule has 0 saturated heterocycles. The molecule has 2 nitrogen and oxygen atoms in total. The number of ether oxygens (including phenoxy) is 1. The smallest absolute Gasteiger partial charge is 0.101 e. The zero-order chi connectivity index (χ0) is 8.60. The van der Waals surface area contributed by atoms with Crippen LogP contribution in [0.4, 0.5) is 0 Å². The molecule has 0 N–H and O–H groups in total. The van der Waals surface area contributed by atoms with Gasteiger partial charge in [0.2, 0.25) is 0 Å². The van der Waals surface area contributed by atoms with Gasteiger partial charge in [0.05, 0.1) is 6.61 Å². The highest BCUT2D eigenvalue weighted by Gasteiger charge is 2.46. The molecule has 0 radical (unpaired) electrons. The largest absolute Gasteiger partial charge is 0.384 e. The molecule has 1 heterocycles. The molecule has 1 aliphatic carbocycles. The normalized spacial score (nSPS) is 19.5. The van der Waals surface area contributed by atoms with Crippen molar-refractivity contribution in [3.05, 3.63) is 16.1 Å². The predicted octanol–water partition coefficient (Wildman–Crippen LogP) is 2.13. The zero-order valence-corrected chi connectivity index (χ0v) is 8.28. The minimum Gasteiger partial charge on any atom is -0.384 e. The van der Waals surface area contributed by atoms with E-state index < -0.39 is 0 Å². The number of hydrogen-bond acceptors (Lipinski definition) is 3. The average Bonchev–Trinajstić information content (AvgIpc) is 2.69. The molecule has 2 rings (SSSR count). The summed E-state index contributed by atoms with van der Waals surface area (Å²) in [5, 5.41) is 3.38. The quantitative estimate of drug-likeness (QED) is 0.716. The van der Waals surface area contributed by atoms with E-state index in [0.717, 1.165) is 12.3 Å².